The first-order valence-corrected chi connectivity index (χ1v) is 3.93. The van der Waals surface area contributed by atoms with Crippen LogP contribution in [0, 0.1) is 5.82 Å². The van der Waals surface area contributed by atoms with Crippen molar-refractivity contribution in [2.24, 2.45) is 0 Å². The van der Waals surface area contributed by atoms with Crippen molar-refractivity contribution in [3.05, 3.63) is 23.5 Å². The van der Waals surface area contributed by atoms with Crippen molar-refractivity contribution in [3.63, 3.8) is 0 Å². The average Bonchev–Trinajstić information content (AvgIpc) is 2.34. The van der Waals surface area contributed by atoms with E-state index < -0.39 is 0 Å². The maximum atomic E-state index is 12.9. The number of benzene rings is 1. The number of hydrogen-bond donors (Lipinski definition) is 1. The van der Waals surface area contributed by atoms with E-state index >= 15 is 0 Å². The molecule has 56 valence electrons. The minimum absolute atomic E-state index is 0.346. The Labute approximate surface area is 66.5 Å². The summed E-state index contributed by atoms with van der Waals surface area (Å²) in [6, 6.07) is 3.00. The summed E-state index contributed by atoms with van der Waals surface area (Å²) in [5, 5.41) is 0. The molecule has 0 atom stereocenters. The number of halogens is 1. The molecule has 0 unspecified atom stereocenters. The number of nitrogens with two attached hydrogens (primary N) is 1. The fraction of sp³-hybridized carbons (Fsp3) is 0. The van der Waals surface area contributed by atoms with Gasteiger partial charge in [0.25, 0.3) is 0 Å². The Balaban J connectivity index is 2.91. The van der Waals surface area contributed by atoms with E-state index in [1.54, 1.807) is 11.6 Å². The van der Waals surface area contributed by atoms with Crippen LogP contribution in [0.5, 0.6) is 0 Å². The molecule has 1 aromatic carbocycles. The predicted octanol–water partition coefficient (Wildman–Crippen LogP) is 2.02. The van der Waals surface area contributed by atoms with Gasteiger partial charge in [0, 0.05) is 5.69 Å². The molecule has 2 rings (SSSR count). The number of nitrogens with zero attached hydrogens (tertiary/aromatic N) is 1. The maximum absolute atomic E-state index is 12.9. The highest BCUT2D eigenvalue weighted by molar-refractivity contribution is 7.16. The van der Waals surface area contributed by atoms with Gasteiger partial charge in [-0.2, -0.15) is 0 Å². The Bertz CT molecular complexity index is 396. The quantitative estimate of drug-likeness (QED) is 0.611. The molecule has 4 heteroatoms. The molecular weight excluding hydrogens is 163 g/mol. The van der Waals surface area contributed by atoms with Crippen LogP contribution >= 0.6 is 11.3 Å². The van der Waals surface area contributed by atoms with E-state index in [1.165, 1.54) is 17.4 Å². The normalized spacial score (nSPS) is 10.6. The highest BCUT2D eigenvalue weighted by Gasteiger charge is 2.03. The Hall–Kier alpha value is -1.16. The number of nitrogen functional groups attached to an aromatic ring is 1. The summed E-state index contributed by atoms with van der Waals surface area (Å²) in [6.07, 6.45) is 0. The highest BCUT2D eigenvalue weighted by atomic mass is 32.1. The van der Waals surface area contributed by atoms with E-state index in [0.717, 1.165) is 4.70 Å². The zero-order valence-corrected chi connectivity index (χ0v) is 6.36. The molecule has 0 saturated carbocycles. The van der Waals surface area contributed by atoms with Gasteiger partial charge in [0.05, 0.1) is 10.2 Å². The summed E-state index contributed by atoms with van der Waals surface area (Å²) in [5.41, 5.74) is 7.88. The van der Waals surface area contributed by atoms with Crippen LogP contribution in [-0.4, -0.2) is 4.98 Å². The maximum Gasteiger partial charge on any atom is 0.152 e. The van der Waals surface area contributed by atoms with Crippen LogP contribution in [0.15, 0.2) is 17.6 Å². The number of aromatic nitrogens is 1. The standard InChI is InChI=1S/C7H5FN2S/c8-5-1-4(9)2-6-7(5)10-3-11-6/h1-3H,9H2. The van der Waals surface area contributed by atoms with Crippen molar-refractivity contribution >= 4 is 27.2 Å². The van der Waals surface area contributed by atoms with Crippen molar-refractivity contribution in [1.29, 1.82) is 0 Å². The minimum Gasteiger partial charge on any atom is -0.399 e. The van der Waals surface area contributed by atoms with Crippen LogP contribution in [0.1, 0.15) is 0 Å². The fourth-order valence-corrected chi connectivity index (χ4v) is 1.68. The Morgan fingerprint density at radius 1 is 1.45 bits per heavy atom. The van der Waals surface area contributed by atoms with Crippen molar-refractivity contribution in [2.45, 2.75) is 0 Å². The molecule has 2 nitrogen and oxygen atoms in total. The number of hydrogen-bond acceptors (Lipinski definition) is 3. The lowest BCUT2D eigenvalue weighted by molar-refractivity contribution is 0.638. The largest absolute Gasteiger partial charge is 0.399 e. The minimum atomic E-state index is -0.346. The summed E-state index contributed by atoms with van der Waals surface area (Å²) in [7, 11) is 0. The van der Waals surface area contributed by atoms with Crippen LogP contribution in [0.25, 0.3) is 10.2 Å². The van der Waals surface area contributed by atoms with Crippen molar-refractivity contribution in [2.75, 3.05) is 5.73 Å². The summed E-state index contributed by atoms with van der Waals surface area (Å²) in [5.74, 6) is -0.346. The van der Waals surface area contributed by atoms with Gasteiger partial charge in [0.1, 0.15) is 5.52 Å². The number of anilines is 1. The van der Waals surface area contributed by atoms with Crippen molar-refractivity contribution in [1.82, 2.24) is 4.98 Å². The second kappa shape index (κ2) is 2.17. The van der Waals surface area contributed by atoms with Gasteiger partial charge in [-0.25, -0.2) is 9.37 Å². The van der Waals surface area contributed by atoms with Gasteiger partial charge < -0.3 is 5.73 Å². The number of fused-ring (bicyclic) bond motifs is 1. The molecule has 2 N–H and O–H groups in total. The van der Waals surface area contributed by atoms with E-state index in [1.807, 2.05) is 0 Å². The van der Waals surface area contributed by atoms with Crippen molar-refractivity contribution in [3.8, 4) is 0 Å². The monoisotopic (exact) mass is 168 g/mol. The van der Waals surface area contributed by atoms with Crippen LogP contribution in [0.3, 0.4) is 0 Å². The third-order valence-electron chi connectivity index (χ3n) is 1.41. The molecule has 1 heterocycles. The molecule has 0 saturated heterocycles. The SMILES string of the molecule is Nc1cc(F)c2ncsc2c1. The Kier molecular flexibility index (Phi) is 1.29. The first-order chi connectivity index (χ1) is 5.27. The van der Waals surface area contributed by atoms with Crippen LogP contribution in [0.4, 0.5) is 10.1 Å². The lowest BCUT2D eigenvalue weighted by Crippen LogP contribution is -1.86. The van der Waals surface area contributed by atoms with Gasteiger partial charge in [-0.05, 0) is 12.1 Å². The zero-order valence-electron chi connectivity index (χ0n) is 5.54. The summed E-state index contributed by atoms with van der Waals surface area (Å²) < 4.78 is 13.7. The molecule has 1 aromatic heterocycles. The summed E-state index contributed by atoms with van der Waals surface area (Å²) in [6.45, 7) is 0. The smallest absolute Gasteiger partial charge is 0.152 e. The molecule has 0 spiro atoms. The summed E-state index contributed by atoms with van der Waals surface area (Å²) >= 11 is 1.38. The molecule has 0 aliphatic heterocycles. The lowest BCUT2D eigenvalue weighted by atomic mass is 10.3. The van der Waals surface area contributed by atoms with E-state index in [-0.39, 0.29) is 5.82 Å². The molecular formula is C7H5FN2S. The predicted molar refractivity (Wildman–Crippen MR) is 44.0 cm³/mol. The molecule has 0 bridgehead atoms. The van der Waals surface area contributed by atoms with Gasteiger partial charge in [-0.3, -0.25) is 0 Å². The topological polar surface area (TPSA) is 38.9 Å². The number of rotatable bonds is 0. The molecule has 0 aliphatic carbocycles. The molecule has 0 amide bonds. The molecule has 0 aliphatic rings. The fourth-order valence-electron chi connectivity index (χ4n) is 0.945. The van der Waals surface area contributed by atoms with Gasteiger partial charge >= 0.3 is 0 Å². The van der Waals surface area contributed by atoms with E-state index in [2.05, 4.69) is 4.98 Å². The second-order valence-electron chi connectivity index (χ2n) is 2.20. The van der Waals surface area contributed by atoms with Gasteiger partial charge in [0.15, 0.2) is 5.82 Å². The third-order valence-corrected chi connectivity index (χ3v) is 2.19. The van der Waals surface area contributed by atoms with E-state index in [9.17, 15) is 4.39 Å². The Morgan fingerprint density at radius 3 is 3.09 bits per heavy atom. The molecule has 2 aromatic rings. The van der Waals surface area contributed by atoms with Gasteiger partial charge in [-0.15, -0.1) is 11.3 Å². The van der Waals surface area contributed by atoms with Gasteiger partial charge in [0.2, 0.25) is 0 Å². The van der Waals surface area contributed by atoms with Crippen LogP contribution in [0.2, 0.25) is 0 Å². The Morgan fingerprint density at radius 2 is 2.27 bits per heavy atom. The first kappa shape index (κ1) is 6.54. The lowest BCUT2D eigenvalue weighted by Gasteiger charge is -1.92. The third kappa shape index (κ3) is 0.952. The highest BCUT2D eigenvalue weighted by Crippen LogP contribution is 2.23. The summed E-state index contributed by atoms with van der Waals surface area (Å²) in [4.78, 5) is 3.85. The number of thiazole rings is 1. The zero-order chi connectivity index (χ0) is 7.84. The van der Waals surface area contributed by atoms with Crippen molar-refractivity contribution < 1.29 is 4.39 Å². The van der Waals surface area contributed by atoms with E-state index in [0.29, 0.717) is 11.2 Å². The molecule has 0 radical (unpaired) electrons. The van der Waals surface area contributed by atoms with Crippen LogP contribution in [-0.2, 0) is 0 Å². The molecule has 0 fully saturated rings. The molecule has 11 heavy (non-hydrogen) atoms. The van der Waals surface area contributed by atoms with E-state index in [4.69, 9.17) is 5.73 Å². The van der Waals surface area contributed by atoms with Crippen LogP contribution < -0.4 is 5.73 Å². The van der Waals surface area contributed by atoms with Gasteiger partial charge in [-0.1, -0.05) is 0 Å². The second-order valence-corrected chi connectivity index (χ2v) is 3.09. The first-order valence-electron chi connectivity index (χ1n) is 3.05. The average molecular weight is 168 g/mol.